The number of halogens is 1. The Morgan fingerprint density at radius 3 is 2.40 bits per heavy atom. The third kappa shape index (κ3) is 2.70. The van der Waals surface area contributed by atoms with Crippen LogP contribution in [0.2, 0.25) is 0 Å². The minimum atomic E-state index is -1.40. The molecule has 1 aromatic carbocycles. The lowest BCUT2D eigenvalue weighted by Crippen LogP contribution is -2.25. The topological polar surface area (TPSA) is 63.2 Å². The Morgan fingerprint density at radius 1 is 1.27 bits per heavy atom. The van der Waals surface area contributed by atoms with Crippen LogP contribution in [0.4, 0.5) is 10.1 Å². The fraction of sp³-hybridized carbons (Fsp3) is 0.100. The molecular formula is C10H8FNO3. The summed E-state index contributed by atoms with van der Waals surface area (Å²) in [4.78, 5) is 31.7. The number of amides is 1. The van der Waals surface area contributed by atoms with E-state index in [1.807, 2.05) is 0 Å². The number of hydrogen-bond acceptors (Lipinski definition) is 3. The van der Waals surface area contributed by atoms with E-state index in [0.29, 0.717) is 0 Å². The highest BCUT2D eigenvalue weighted by molar-refractivity contribution is 6.10. The van der Waals surface area contributed by atoms with E-state index in [1.165, 1.54) is 18.2 Å². The van der Waals surface area contributed by atoms with Crippen LogP contribution in [-0.2, 0) is 14.4 Å². The standard InChI is InChI=1S/C10H8FNO3/c11-8-3-1-2-4-9(8)12-10(15)7(5-13)6-14/h1-7H,(H,12,15). The Morgan fingerprint density at radius 2 is 1.87 bits per heavy atom. The highest BCUT2D eigenvalue weighted by Gasteiger charge is 2.17. The van der Waals surface area contributed by atoms with Crippen molar-refractivity contribution in [3.05, 3.63) is 30.1 Å². The van der Waals surface area contributed by atoms with Crippen LogP contribution in [0.15, 0.2) is 24.3 Å². The van der Waals surface area contributed by atoms with Crippen molar-refractivity contribution in [3.63, 3.8) is 0 Å². The molecule has 1 aromatic rings. The normalized spacial score (nSPS) is 9.73. The molecule has 0 heterocycles. The average molecular weight is 209 g/mol. The molecule has 0 saturated heterocycles. The van der Waals surface area contributed by atoms with Crippen molar-refractivity contribution in [1.29, 1.82) is 0 Å². The number of carbonyl (C=O) groups excluding carboxylic acids is 3. The van der Waals surface area contributed by atoms with Gasteiger partial charge in [-0.2, -0.15) is 0 Å². The van der Waals surface area contributed by atoms with Gasteiger partial charge in [0.25, 0.3) is 0 Å². The summed E-state index contributed by atoms with van der Waals surface area (Å²) in [7, 11) is 0. The minimum Gasteiger partial charge on any atom is -0.323 e. The van der Waals surface area contributed by atoms with E-state index < -0.39 is 17.6 Å². The number of benzene rings is 1. The van der Waals surface area contributed by atoms with E-state index in [9.17, 15) is 18.8 Å². The predicted octanol–water partition coefficient (Wildman–Crippen LogP) is 0.778. The van der Waals surface area contributed by atoms with Gasteiger partial charge in [0, 0.05) is 0 Å². The van der Waals surface area contributed by atoms with Crippen molar-refractivity contribution >= 4 is 24.2 Å². The SMILES string of the molecule is O=CC(C=O)C(=O)Nc1ccccc1F. The molecule has 0 aliphatic heterocycles. The summed E-state index contributed by atoms with van der Waals surface area (Å²) >= 11 is 0. The number of aldehydes is 2. The van der Waals surface area contributed by atoms with E-state index in [4.69, 9.17) is 0 Å². The Bertz CT molecular complexity index is 384. The molecule has 15 heavy (non-hydrogen) atoms. The van der Waals surface area contributed by atoms with E-state index in [2.05, 4.69) is 5.32 Å². The molecule has 1 N–H and O–H groups in total. The summed E-state index contributed by atoms with van der Waals surface area (Å²) < 4.78 is 13.0. The van der Waals surface area contributed by atoms with Crippen molar-refractivity contribution in [3.8, 4) is 0 Å². The fourth-order valence-corrected chi connectivity index (χ4v) is 0.934. The molecule has 0 unspecified atom stereocenters. The summed E-state index contributed by atoms with van der Waals surface area (Å²) in [5.74, 6) is -2.86. The molecule has 1 rings (SSSR count). The molecular weight excluding hydrogens is 201 g/mol. The summed E-state index contributed by atoms with van der Waals surface area (Å²) in [6.45, 7) is 0. The van der Waals surface area contributed by atoms with E-state index in [1.54, 1.807) is 0 Å². The van der Waals surface area contributed by atoms with E-state index in [-0.39, 0.29) is 18.3 Å². The number of hydrogen-bond donors (Lipinski definition) is 1. The number of carbonyl (C=O) groups is 3. The summed E-state index contributed by atoms with van der Waals surface area (Å²) in [6.07, 6.45) is 0.395. The second-order valence-electron chi connectivity index (χ2n) is 2.77. The van der Waals surface area contributed by atoms with Crippen molar-refractivity contribution in [2.24, 2.45) is 5.92 Å². The Kier molecular flexibility index (Phi) is 3.68. The van der Waals surface area contributed by atoms with Crippen LogP contribution in [0.25, 0.3) is 0 Å². The van der Waals surface area contributed by atoms with Gasteiger partial charge in [0.05, 0.1) is 5.69 Å². The molecule has 0 atom stereocenters. The van der Waals surface area contributed by atoms with Crippen molar-refractivity contribution in [2.75, 3.05) is 5.32 Å². The fourth-order valence-electron chi connectivity index (χ4n) is 0.934. The van der Waals surface area contributed by atoms with Crippen molar-refractivity contribution in [2.45, 2.75) is 0 Å². The Balaban J connectivity index is 2.78. The first-order valence-corrected chi connectivity index (χ1v) is 4.15. The molecule has 78 valence electrons. The summed E-state index contributed by atoms with van der Waals surface area (Å²) in [5.41, 5.74) is -0.0591. The molecule has 4 nitrogen and oxygen atoms in total. The number of para-hydroxylation sites is 1. The molecule has 5 heteroatoms. The maximum Gasteiger partial charge on any atom is 0.241 e. The molecule has 0 radical (unpaired) electrons. The molecule has 0 spiro atoms. The van der Waals surface area contributed by atoms with E-state index in [0.717, 1.165) is 6.07 Å². The number of rotatable bonds is 4. The zero-order valence-electron chi connectivity index (χ0n) is 7.64. The van der Waals surface area contributed by atoms with Gasteiger partial charge in [-0.25, -0.2) is 4.39 Å². The summed E-state index contributed by atoms with van der Waals surface area (Å²) in [6, 6.07) is 5.48. The molecule has 0 saturated carbocycles. The average Bonchev–Trinajstić information content (AvgIpc) is 2.23. The first-order valence-electron chi connectivity index (χ1n) is 4.15. The van der Waals surface area contributed by atoms with Gasteiger partial charge in [0.1, 0.15) is 24.3 Å². The third-order valence-corrected chi connectivity index (χ3v) is 1.73. The lowest BCUT2D eigenvalue weighted by Gasteiger charge is -2.06. The van der Waals surface area contributed by atoms with Crippen LogP contribution < -0.4 is 5.32 Å². The molecule has 1 amide bonds. The van der Waals surface area contributed by atoms with Gasteiger partial charge in [0.15, 0.2) is 0 Å². The molecule has 0 fully saturated rings. The maximum absolute atomic E-state index is 13.0. The second kappa shape index (κ2) is 4.99. The first-order chi connectivity index (χ1) is 7.19. The van der Waals surface area contributed by atoms with Crippen LogP contribution in [0.5, 0.6) is 0 Å². The van der Waals surface area contributed by atoms with Crippen molar-refractivity contribution < 1.29 is 18.8 Å². The molecule has 0 bridgehead atoms. The van der Waals surface area contributed by atoms with Crippen LogP contribution in [0.3, 0.4) is 0 Å². The van der Waals surface area contributed by atoms with Gasteiger partial charge in [-0.1, -0.05) is 12.1 Å². The molecule has 0 aliphatic rings. The van der Waals surface area contributed by atoms with Crippen molar-refractivity contribution in [1.82, 2.24) is 0 Å². The number of nitrogens with one attached hydrogen (secondary N) is 1. The quantitative estimate of drug-likeness (QED) is 0.588. The largest absolute Gasteiger partial charge is 0.323 e. The van der Waals surface area contributed by atoms with Crippen LogP contribution in [0, 0.1) is 11.7 Å². The van der Waals surface area contributed by atoms with Gasteiger partial charge >= 0.3 is 0 Å². The molecule has 0 aromatic heterocycles. The highest BCUT2D eigenvalue weighted by atomic mass is 19.1. The smallest absolute Gasteiger partial charge is 0.241 e. The Hall–Kier alpha value is -2.04. The predicted molar refractivity (Wildman–Crippen MR) is 50.6 cm³/mol. The minimum absolute atomic E-state index is 0.0591. The number of anilines is 1. The van der Waals surface area contributed by atoms with Gasteiger partial charge in [-0.15, -0.1) is 0 Å². The summed E-state index contributed by atoms with van der Waals surface area (Å²) in [5, 5.41) is 2.14. The van der Waals surface area contributed by atoms with Crippen LogP contribution in [-0.4, -0.2) is 18.5 Å². The van der Waals surface area contributed by atoms with Gasteiger partial charge in [-0.3, -0.25) is 4.79 Å². The monoisotopic (exact) mass is 209 g/mol. The highest BCUT2D eigenvalue weighted by Crippen LogP contribution is 2.12. The first kappa shape index (κ1) is 11.0. The van der Waals surface area contributed by atoms with E-state index >= 15 is 0 Å². The lowest BCUT2D eigenvalue weighted by atomic mass is 10.2. The van der Waals surface area contributed by atoms with Gasteiger partial charge < -0.3 is 14.9 Å². The van der Waals surface area contributed by atoms with Gasteiger partial charge in [0.2, 0.25) is 5.91 Å². The Labute approximate surface area is 85.1 Å². The molecule has 0 aliphatic carbocycles. The zero-order chi connectivity index (χ0) is 11.3. The lowest BCUT2D eigenvalue weighted by molar-refractivity contribution is -0.129. The second-order valence-corrected chi connectivity index (χ2v) is 2.77. The third-order valence-electron chi connectivity index (χ3n) is 1.73. The maximum atomic E-state index is 13.0. The van der Waals surface area contributed by atoms with Crippen LogP contribution >= 0.6 is 0 Å². The zero-order valence-corrected chi connectivity index (χ0v) is 7.64. The van der Waals surface area contributed by atoms with Gasteiger partial charge in [-0.05, 0) is 12.1 Å². The van der Waals surface area contributed by atoms with Crippen LogP contribution in [0.1, 0.15) is 0 Å².